The van der Waals surface area contributed by atoms with Gasteiger partial charge in [-0.05, 0) is 0 Å². The van der Waals surface area contributed by atoms with E-state index in [9.17, 15) is 4.79 Å². The normalized spacial score (nSPS) is 11.9. The summed E-state index contributed by atoms with van der Waals surface area (Å²) in [7, 11) is 0. The molecule has 1 amide bonds. The Bertz CT molecular complexity index is 249. The molecule has 0 aromatic rings. The van der Waals surface area contributed by atoms with Gasteiger partial charge < -0.3 is 0 Å². The van der Waals surface area contributed by atoms with Gasteiger partial charge in [0.2, 0.25) is 0 Å². The van der Waals surface area contributed by atoms with Crippen LogP contribution in [0, 0.1) is 0 Å². The summed E-state index contributed by atoms with van der Waals surface area (Å²) in [5.74, 6) is 0.475. The van der Waals surface area contributed by atoms with E-state index >= 15 is 0 Å². The average Bonchev–Trinajstić information content (AvgIpc) is 2.34. The molecule has 0 unspecified atom stereocenters. The fourth-order valence-electron chi connectivity index (χ4n) is 1.58. The first-order valence-corrected chi connectivity index (χ1v) is 8.15. The molecule has 0 heterocycles. The van der Waals surface area contributed by atoms with Crippen LogP contribution in [-0.4, -0.2) is 44.5 Å². The zero-order valence-electron chi connectivity index (χ0n) is 11.4. The molecule has 0 aliphatic carbocycles. The predicted octanol–water partition coefficient (Wildman–Crippen LogP) is 2.10. The number of thiol groups is 1. The third-order valence-corrected chi connectivity index (χ3v) is 3.80. The topological polar surface area (TPSA) is 38.3 Å². The second-order valence-corrected chi connectivity index (χ2v) is 5.58. The molecule has 0 saturated carbocycles. The molecule has 5 heteroatoms. The zero-order chi connectivity index (χ0) is 13.8. The van der Waals surface area contributed by atoms with E-state index in [2.05, 4.69) is 40.4 Å². The molecule has 0 bridgehead atoms. The van der Waals surface area contributed by atoms with E-state index in [1.165, 1.54) is 39.0 Å². The van der Waals surface area contributed by atoms with Gasteiger partial charge in [0, 0.05) is 0 Å². The summed E-state index contributed by atoms with van der Waals surface area (Å²) < 4.78 is 6.33. The number of hydrogen-bond donors (Lipinski definition) is 2. The number of rotatable bonds is 11. The maximum atomic E-state index is 11.0. The number of unbranched alkanes of at least 4 members (excludes halogenated alkanes) is 5. The molecule has 0 spiro atoms. The van der Waals surface area contributed by atoms with Crippen molar-refractivity contribution in [2.75, 3.05) is 12.4 Å². The first kappa shape index (κ1) is 18.0. The molecule has 0 aromatic carbocycles. The molecule has 0 aliphatic heterocycles. The van der Waals surface area contributed by atoms with Crippen molar-refractivity contribution < 1.29 is 9.53 Å². The van der Waals surface area contributed by atoms with Crippen molar-refractivity contribution in [2.24, 2.45) is 0 Å². The van der Waals surface area contributed by atoms with Crippen molar-refractivity contribution in [1.82, 2.24) is 5.32 Å². The maximum absolute atomic E-state index is 11.0. The summed E-state index contributed by atoms with van der Waals surface area (Å²) in [5, 5.41) is 2.79. The molecule has 0 radical (unpaired) electrons. The summed E-state index contributed by atoms with van der Waals surface area (Å²) in [5.41, 5.74) is 0. The molecule has 0 saturated heterocycles. The van der Waals surface area contributed by atoms with Gasteiger partial charge in [0.1, 0.15) is 0 Å². The van der Waals surface area contributed by atoms with Gasteiger partial charge in [-0.2, -0.15) is 0 Å². The monoisotopic (exact) mass is 339 g/mol. The van der Waals surface area contributed by atoms with Crippen molar-refractivity contribution in [3.05, 3.63) is 0 Å². The zero-order valence-corrected chi connectivity index (χ0v) is 14.0. The Morgan fingerprint density at radius 2 is 1.89 bits per heavy atom. The van der Waals surface area contributed by atoms with Crippen LogP contribution in [0.1, 0.15) is 52.4 Å². The molecule has 18 heavy (non-hydrogen) atoms. The molecular weight excluding hydrogens is 313 g/mol. The van der Waals surface area contributed by atoms with Crippen LogP contribution in [0.5, 0.6) is 0 Å². The van der Waals surface area contributed by atoms with Crippen LogP contribution in [0.4, 0.5) is 0 Å². The molecule has 0 aromatic heterocycles. The van der Waals surface area contributed by atoms with Crippen LogP contribution in [0.15, 0.2) is 0 Å². The van der Waals surface area contributed by atoms with Crippen LogP contribution in [-0.2, 0) is 9.53 Å². The summed E-state index contributed by atoms with van der Waals surface area (Å²) in [6, 6.07) is -0.133. The Balaban J connectivity index is 3.59. The molecule has 0 fully saturated rings. The van der Waals surface area contributed by atoms with Crippen LogP contribution >= 0.6 is 12.6 Å². The van der Waals surface area contributed by atoms with Crippen LogP contribution in [0.2, 0.25) is 0 Å². The van der Waals surface area contributed by atoms with E-state index in [4.69, 9.17) is 4.74 Å². The summed E-state index contributed by atoms with van der Waals surface area (Å²) in [4.78, 5) is 11.0. The van der Waals surface area contributed by atoms with Crippen LogP contribution in [0.3, 0.4) is 0 Å². The van der Waals surface area contributed by atoms with E-state index in [1.807, 2.05) is 0 Å². The molecular formula is C13H25NO2SSe. The van der Waals surface area contributed by atoms with Crippen molar-refractivity contribution >= 4 is 38.7 Å². The van der Waals surface area contributed by atoms with Crippen molar-refractivity contribution in [3.8, 4) is 0 Å². The number of ether oxygens (including phenoxy) is 1. The molecule has 1 atom stereocenters. The SMILES string of the molecule is CCCCCCCCOC(=[Se])[C@H](CS)NC(C)=O. The van der Waals surface area contributed by atoms with E-state index in [0.717, 1.165) is 11.0 Å². The average molecular weight is 338 g/mol. The quantitative estimate of drug-likeness (QED) is 0.344. The number of nitrogens with one attached hydrogen (secondary N) is 1. The van der Waals surface area contributed by atoms with Crippen molar-refractivity contribution in [1.29, 1.82) is 0 Å². The number of carbonyl (C=O) groups excluding carboxylic acids is 1. The van der Waals surface area contributed by atoms with Gasteiger partial charge in [0.05, 0.1) is 0 Å². The Labute approximate surface area is 124 Å². The Morgan fingerprint density at radius 1 is 1.28 bits per heavy atom. The molecule has 0 aliphatic rings. The van der Waals surface area contributed by atoms with Gasteiger partial charge in [-0.15, -0.1) is 0 Å². The fourth-order valence-corrected chi connectivity index (χ4v) is 2.59. The Kier molecular flexibility index (Phi) is 12.1. The number of hydrogen-bond acceptors (Lipinski definition) is 3. The second-order valence-electron chi connectivity index (χ2n) is 4.37. The van der Waals surface area contributed by atoms with Gasteiger partial charge in [-0.3, -0.25) is 0 Å². The molecule has 1 N–H and O–H groups in total. The minimum absolute atomic E-state index is 0.0648. The molecule has 106 valence electrons. The van der Waals surface area contributed by atoms with E-state index in [-0.39, 0.29) is 11.9 Å². The van der Waals surface area contributed by atoms with E-state index in [1.54, 1.807) is 0 Å². The van der Waals surface area contributed by atoms with Gasteiger partial charge in [-0.1, -0.05) is 0 Å². The molecule has 3 nitrogen and oxygen atoms in total. The number of amides is 1. The van der Waals surface area contributed by atoms with Crippen molar-refractivity contribution in [3.63, 3.8) is 0 Å². The summed E-state index contributed by atoms with van der Waals surface area (Å²) in [6.07, 6.45) is 7.47. The van der Waals surface area contributed by atoms with Crippen LogP contribution in [0.25, 0.3) is 0 Å². The van der Waals surface area contributed by atoms with E-state index in [0.29, 0.717) is 12.4 Å². The van der Waals surface area contributed by atoms with Crippen molar-refractivity contribution in [2.45, 2.75) is 58.4 Å². The second kappa shape index (κ2) is 12.1. The third kappa shape index (κ3) is 9.98. The van der Waals surface area contributed by atoms with Gasteiger partial charge in [0.25, 0.3) is 0 Å². The first-order valence-electron chi connectivity index (χ1n) is 6.66. The Morgan fingerprint density at radius 3 is 2.44 bits per heavy atom. The standard InChI is InChI=1S/C13H25NO2SSe/c1-3-4-5-6-7-8-9-16-13(18)12(10-17)14-11(2)15/h12,17H,3-10H2,1-2H3,(H,14,15)/t12-/m0/s1. The van der Waals surface area contributed by atoms with Gasteiger partial charge in [-0.25, -0.2) is 0 Å². The first-order chi connectivity index (χ1) is 8.61. The minimum atomic E-state index is -0.133. The Hall–Kier alpha value is 0.00948. The number of carbonyl (C=O) groups is 1. The van der Waals surface area contributed by atoms with Crippen LogP contribution < -0.4 is 5.32 Å². The third-order valence-electron chi connectivity index (χ3n) is 2.59. The predicted molar refractivity (Wildman–Crippen MR) is 81.5 cm³/mol. The molecule has 0 rings (SSSR count). The van der Waals surface area contributed by atoms with E-state index < -0.39 is 0 Å². The summed E-state index contributed by atoms with van der Waals surface area (Å²) >= 11 is 7.07. The van der Waals surface area contributed by atoms with Gasteiger partial charge in [0.15, 0.2) is 0 Å². The van der Waals surface area contributed by atoms with Gasteiger partial charge >= 0.3 is 124 Å². The fraction of sp³-hybridized carbons (Fsp3) is 0.846. The summed E-state index contributed by atoms with van der Waals surface area (Å²) in [6.45, 7) is 4.42.